The molecule has 0 atom stereocenters. The second-order valence-electron chi connectivity index (χ2n) is 6.41. The lowest BCUT2D eigenvalue weighted by Crippen LogP contribution is -2.50. The zero-order chi connectivity index (χ0) is 23.4. The lowest BCUT2D eigenvalue weighted by Gasteiger charge is -2.32. The first-order valence-corrected chi connectivity index (χ1v) is 9.31. The number of alkyl halides is 3. The molecule has 0 spiro atoms. The van der Waals surface area contributed by atoms with Gasteiger partial charge >= 0.3 is 24.2 Å². The molecule has 1 aromatic carbocycles. The standard InChI is InChI=1S/C16H25N5O3.C2HF3O2/c1-24-14-4-2-12(3-5-14)20-16(23)21-10-6-13(7-11-21)19-15(22)18-9-8-17;3-2(4,5)1(6)7/h2-5,13H,6-11,17H2,1H3,(H,20,23)(H2,18,19,22);(H,6,7). The minimum Gasteiger partial charge on any atom is -0.497 e. The van der Waals surface area contributed by atoms with Crippen molar-refractivity contribution in [2.75, 3.05) is 38.6 Å². The van der Waals surface area contributed by atoms with Gasteiger partial charge in [-0.3, -0.25) is 0 Å². The normalized spacial score (nSPS) is 14.0. The Bertz CT molecular complexity index is 722. The predicted molar refractivity (Wildman–Crippen MR) is 106 cm³/mol. The molecule has 6 N–H and O–H groups in total. The Morgan fingerprint density at radius 2 is 1.74 bits per heavy atom. The molecule has 0 radical (unpaired) electrons. The van der Waals surface area contributed by atoms with Gasteiger partial charge in [0.2, 0.25) is 0 Å². The summed E-state index contributed by atoms with van der Waals surface area (Å²) < 4.78 is 36.8. The third-order valence-electron chi connectivity index (χ3n) is 4.13. The van der Waals surface area contributed by atoms with E-state index < -0.39 is 12.1 Å². The van der Waals surface area contributed by atoms with Gasteiger partial charge in [-0.05, 0) is 37.1 Å². The van der Waals surface area contributed by atoms with Gasteiger partial charge in [0, 0.05) is 37.9 Å². The van der Waals surface area contributed by atoms with Gasteiger partial charge in [-0.1, -0.05) is 0 Å². The van der Waals surface area contributed by atoms with Crippen molar-refractivity contribution < 1.29 is 37.4 Å². The summed E-state index contributed by atoms with van der Waals surface area (Å²) in [5.41, 5.74) is 6.06. The number of anilines is 1. The number of nitrogens with two attached hydrogens (primary N) is 1. The van der Waals surface area contributed by atoms with E-state index >= 15 is 0 Å². The minimum atomic E-state index is -5.08. The van der Waals surface area contributed by atoms with Crippen molar-refractivity contribution in [1.29, 1.82) is 0 Å². The number of hydrogen-bond acceptors (Lipinski definition) is 5. The number of rotatable bonds is 5. The Morgan fingerprint density at radius 3 is 2.19 bits per heavy atom. The summed E-state index contributed by atoms with van der Waals surface area (Å²) in [6.45, 7) is 2.07. The van der Waals surface area contributed by atoms with Gasteiger partial charge in [-0.25, -0.2) is 14.4 Å². The Kier molecular flexibility index (Phi) is 10.4. The number of aliphatic carboxylic acids is 1. The molecule has 0 saturated carbocycles. The minimum absolute atomic E-state index is 0.0767. The summed E-state index contributed by atoms with van der Waals surface area (Å²) in [6, 6.07) is 6.93. The summed E-state index contributed by atoms with van der Waals surface area (Å²) >= 11 is 0. The number of halogens is 3. The molecular formula is C18H26F3N5O5. The Labute approximate surface area is 176 Å². The van der Waals surface area contributed by atoms with Gasteiger partial charge in [-0.15, -0.1) is 0 Å². The molecule has 0 aromatic heterocycles. The number of benzene rings is 1. The lowest BCUT2D eigenvalue weighted by molar-refractivity contribution is -0.192. The number of amides is 4. The number of nitrogens with one attached hydrogen (secondary N) is 3. The average molecular weight is 449 g/mol. The van der Waals surface area contributed by atoms with Crippen molar-refractivity contribution in [2.24, 2.45) is 5.73 Å². The molecular weight excluding hydrogens is 423 g/mol. The molecule has 13 heteroatoms. The van der Waals surface area contributed by atoms with E-state index in [0.717, 1.165) is 24.3 Å². The molecule has 174 valence electrons. The second kappa shape index (κ2) is 12.5. The number of nitrogens with zero attached hydrogens (tertiary/aromatic N) is 1. The molecule has 0 unspecified atom stereocenters. The summed E-state index contributed by atoms with van der Waals surface area (Å²) in [7, 11) is 1.60. The van der Waals surface area contributed by atoms with Gasteiger partial charge in [0.15, 0.2) is 0 Å². The van der Waals surface area contributed by atoms with E-state index in [1.165, 1.54) is 0 Å². The fourth-order valence-corrected chi connectivity index (χ4v) is 2.53. The molecule has 1 fully saturated rings. The maximum atomic E-state index is 12.3. The number of carboxylic acid groups (broad SMARTS) is 1. The zero-order valence-electron chi connectivity index (χ0n) is 16.9. The van der Waals surface area contributed by atoms with Crippen LogP contribution in [0.4, 0.5) is 28.4 Å². The number of methoxy groups -OCH3 is 1. The van der Waals surface area contributed by atoms with Gasteiger partial charge in [-0.2, -0.15) is 13.2 Å². The van der Waals surface area contributed by atoms with Crippen molar-refractivity contribution in [3.63, 3.8) is 0 Å². The van der Waals surface area contributed by atoms with Crippen LogP contribution in [0, 0.1) is 0 Å². The zero-order valence-corrected chi connectivity index (χ0v) is 16.9. The summed E-state index contributed by atoms with van der Waals surface area (Å²) in [5, 5.41) is 15.6. The van der Waals surface area contributed by atoms with E-state index in [1.807, 2.05) is 0 Å². The van der Waals surface area contributed by atoms with Crippen LogP contribution in [0.3, 0.4) is 0 Å². The number of ether oxygens (including phenoxy) is 1. The number of carboxylic acids is 1. The molecule has 2 rings (SSSR count). The van der Waals surface area contributed by atoms with E-state index in [9.17, 15) is 22.8 Å². The quantitative estimate of drug-likeness (QED) is 0.461. The van der Waals surface area contributed by atoms with Crippen LogP contribution in [0.1, 0.15) is 12.8 Å². The summed E-state index contributed by atoms with van der Waals surface area (Å²) in [5.74, 6) is -2.01. The predicted octanol–water partition coefficient (Wildman–Crippen LogP) is 1.58. The smallest absolute Gasteiger partial charge is 0.490 e. The highest BCUT2D eigenvalue weighted by Gasteiger charge is 2.38. The Hall–Kier alpha value is -3.22. The van der Waals surface area contributed by atoms with Crippen molar-refractivity contribution in [3.8, 4) is 5.75 Å². The number of likely N-dealkylation sites (tertiary alicyclic amines) is 1. The van der Waals surface area contributed by atoms with Crippen LogP contribution in [-0.2, 0) is 4.79 Å². The SMILES string of the molecule is COc1ccc(NC(=O)N2CCC(NC(=O)NCCN)CC2)cc1.O=C(O)C(F)(F)F. The Morgan fingerprint density at radius 1 is 1.19 bits per heavy atom. The topological polar surface area (TPSA) is 146 Å². The van der Waals surface area contributed by atoms with E-state index in [-0.39, 0.29) is 18.1 Å². The van der Waals surface area contributed by atoms with Gasteiger partial charge in [0.1, 0.15) is 5.75 Å². The van der Waals surface area contributed by atoms with E-state index in [4.69, 9.17) is 20.4 Å². The van der Waals surface area contributed by atoms with Crippen LogP contribution in [0.5, 0.6) is 5.75 Å². The van der Waals surface area contributed by atoms with Crippen LogP contribution >= 0.6 is 0 Å². The largest absolute Gasteiger partial charge is 0.497 e. The molecule has 31 heavy (non-hydrogen) atoms. The Balaban J connectivity index is 0.000000592. The first-order valence-electron chi connectivity index (χ1n) is 9.31. The van der Waals surface area contributed by atoms with Gasteiger partial charge in [0.25, 0.3) is 0 Å². The maximum Gasteiger partial charge on any atom is 0.490 e. The molecule has 1 aliphatic rings. The van der Waals surface area contributed by atoms with Crippen LogP contribution in [0.15, 0.2) is 24.3 Å². The van der Waals surface area contributed by atoms with Crippen LogP contribution in [0.25, 0.3) is 0 Å². The number of carbonyl (C=O) groups is 3. The fourth-order valence-electron chi connectivity index (χ4n) is 2.53. The average Bonchev–Trinajstić information content (AvgIpc) is 2.73. The molecule has 1 aliphatic heterocycles. The van der Waals surface area contributed by atoms with Crippen molar-refractivity contribution in [2.45, 2.75) is 25.1 Å². The summed E-state index contributed by atoms with van der Waals surface area (Å²) in [4.78, 5) is 34.5. The lowest BCUT2D eigenvalue weighted by atomic mass is 10.1. The van der Waals surface area contributed by atoms with Crippen LogP contribution in [-0.4, -0.2) is 73.5 Å². The summed E-state index contributed by atoms with van der Waals surface area (Å²) in [6.07, 6.45) is -3.63. The van der Waals surface area contributed by atoms with E-state index in [2.05, 4.69) is 16.0 Å². The highest BCUT2D eigenvalue weighted by atomic mass is 19.4. The first-order chi connectivity index (χ1) is 14.6. The van der Waals surface area contributed by atoms with Gasteiger partial charge < -0.3 is 36.4 Å². The maximum absolute atomic E-state index is 12.3. The van der Waals surface area contributed by atoms with Gasteiger partial charge in [0.05, 0.1) is 7.11 Å². The van der Waals surface area contributed by atoms with Crippen LogP contribution < -0.4 is 26.4 Å². The third-order valence-corrected chi connectivity index (χ3v) is 4.13. The molecule has 1 saturated heterocycles. The third kappa shape index (κ3) is 9.89. The van der Waals surface area contributed by atoms with E-state index in [1.54, 1.807) is 36.3 Å². The molecule has 4 amide bonds. The van der Waals surface area contributed by atoms with Crippen LogP contribution in [0.2, 0.25) is 0 Å². The van der Waals surface area contributed by atoms with Crippen molar-refractivity contribution >= 4 is 23.7 Å². The molecule has 1 aromatic rings. The second-order valence-corrected chi connectivity index (χ2v) is 6.41. The number of carbonyl (C=O) groups excluding carboxylic acids is 2. The molecule has 10 nitrogen and oxygen atoms in total. The highest BCUT2D eigenvalue weighted by molar-refractivity contribution is 5.89. The number of urea groups is 2. The highest BCUT2D eigenvalue weighted by Crippen LogP contribution is 2.17. The molecule has 0 aliphatic carbocycles. The number of hydrogen-bond donors (Lipinski definition) is 5. The fraction of sp³-hybridized carbons (Fsp3) is 0.500. The van der Waals surface area contributed by atoms with E-state index in [0.29, 0.717) is 26.2 Å². The van der Waals surface area contributed by atoms with Crippen molar-refractivity contribution in [1.82, 2.24) is 15.5 Å². The monoisotopic (exact) mass is 449 g/mol. The van der Waals surface area contributed by atoms with Crippen molar-refractivity contribution in [3.05, 3.63) is 24.3 Å². The number of piperidine rings is 1. The molecule has 1 heterocycles. The molecule has 0 bridgehead atoms. The first kappa shape index (κ1) is 25.8.